The van der Waals surface area contributed by atoms with Gasteiger partial charge in [-0.15, -0.1) is 0 Å². The van der Waals surface area contributed by atoms with Crippen molar-refractivity contribution in [2.45, 2.75) is 72.3 Å². The SMILES string of the molecule is CC(C)O[Si](CCCN(C)C)(OC(C)C)OC(C)C. The Bertz CT molecular complexity index is 206. The first kappa shape index (κ1) is 19.1. The van der Waals surface area contributed by atoms with Crippen molar-refractivity contribution in [1.29, 1.82) is 0 Å². The van der Waals surface area contributed by atoms with Gasteiger partial charge in [0.25, 0.3) is 0 Å². The van der Waals surface area contributed by atoms with Crippen LogP contribution in [0.5, 0.6) is 0 Å². The molecule has 0 aliphatic carbocycles. The predicted molar refractivity (Wildman–Crippen MR) is 82.4 cm³/mol. The molecule has 0 fully saturated rings. The van der Waals surface area contributed by atoms with Gasteiger partial charge < -0.3 is 18.2 Å². The van der Waals surface area contributed by atoms with Crippen LogP contribution in [0.1, 0.15) is 48.0 Å². The summed E-state index contributed by atoms with van der Waals surface area (Å²) in [7, 11) is 1.59. The highest BCUT2D eigenvalue weighted by molar-refractivity contribution is 6.60. The molecule has 4 nitrogen and oxygen atoms in total. The van der Waals surface area contributed by atoms with Crippen LogP contribution in [-0.4, -0.2) is 52.7 Å². The Morgan fingerprint density at radius 1 is 0.789 bits per heavy atom. The van der Waals surface area contributed by atoms with Crippen LogP contribution in [-0.2, 0) is 13.3 Å². The van der Waals surface area contributed by atoms with Crippen LogP contribution in [0.15, 0.2) is 0 Å². The molecule has 0 saturated carbocycles. The average Bonchev–Trinajstić information content (AvgIpc) is 2.12. The standard InChI is InChI=1S/C14H33NO3Si/c1-12(2)16-19(17-13(3)4,18-14(5)6)11-9-10-15(7)8/h12-14H,9-11H2,1-8H3. The van der Waals surface area contributed by atoms with Crippen LogP contribution in [0.25, 0.3) is 0 Å². The number of hydrogen-bond donors (Lipinski definition) is 0. The van der Waals surface area contributed by atoms with Crippen molar-refractivity contribution >= 4 is 8.80 Å². The zero-order chi connectivity index (χ0) is 15.1. The summed E-state index contributed by atoms with van der Waals surface area (Å²) in [6.07, 6.45) is 1.42. The van der Waals surface area contributed by atoms with E-state index < -0.39 is 8.80 Å². The van der Waals surface area contributed by atoms with E-state index in [2.05, 4.69) is 19.0 Å². The van der Waals surface area contributed by atoms with Gasteiger partial charge in [-0.3, -0.25) is 0 Å². The van der Waals surface area contributed by atoms with Crippen molar-refractivity contribution in [2.75, 3.05) is 20.6 Å². The quantitative estimate of drug-likeness (QED) is 0.579. The average molecular weight is 292 g/mol. The van der Waals surface area contributed by atoms with E-state index in [1.54, 1.807) is 0 Å². The maximum absolute atomic E-state index is 6.12. The monoisotopic (exact) mass is 291 g/mol. The van der Waals surface area contributed by atoms with E-state index in [9.17, 15) is 0 Å². The molecule has 0 radical (unpaired) electrons. The first-order valence-electron chi connectivity index (χ1n) is 7.35. The molecule has 0 unspecified atom stereocenters. The summed E-state index contributed by atoms with van der Waals surface area (Å²) in [5.41, 5.74) is 0. The molecular weight excluding hydrogens is 258 g/mol. The van der Waals surface area contributed by atoms with E-state index in [-0.39, 0.29) is 18.3 Å². The third-order valence-corrected chi connectivity index (χ3v) is 5.79. The van der Waals surface area contributed by atoms with Gasteiger partial charge in [0.2, 0.25) is 0 Å². The van der Waals surface area contributed by atoms with Crippen molar-refractivity contribution in [3.05, 3.63) is 0 Å². The molecule has 19 heavy (non-hydrogen) atoms. The first-order valence-corrected chi connectivity index (χ1v) is 9.28. The smallest absolute Gasteiger partial charge is 0.371 e. The Morgan fingerprint density at radius 2 is 1.16 bits per heavy atom. The Kier molecular flexibility index (Phi) is 9.10. The second kappa shape index (κ2) is 9.08. The summed E-state index contributed by atoms with van der Waals surface area (Å²) in [6.45, 7) is 13.3. The molecule has 0 saturated heterocycles. The minimum atomic E-state index is -2.58. The van der Waals surface area contributed by atoms with E-state index in [0.29, 0.717) is 0 Å². The topological polar surface area (TPSA) is 30.9 Å². The molecular formula is C14H33NO3Si. The van der Waals surface area contributed by atoms with Gasteiger partial charge in [0.15, 0.2) is 0 Å². The maximum Gasteiger partial charge on any atom is 0.501 e. The normalized spacial score (nSPS) is 13.3. The van der Waals surface area contributed by atoms with Crippen LogP contribution in [0, 0.1) is 0 Å². The van der Waals surface area contributed by atoms with Crippen molar-refractivity contribution in [2.24, 2.45) is 0 Å². The Labute approximate surface area is 120 Å². The molecule has 0 aliphatic heterocycles. The fraction of sp³-hybridized carbons (Fsp3) is 1.00. The van der Waals surface area contributed by atoms with E-state index in [1.807, 2.05) is 41.5 Å². The summed E-state index contributed by atoms with van der Waals surface area (Å²) in [5, 5.41) is 0. The van der Waals surface area contributed by atoms with Gasteiger partial charge in [0.1, 0.15) is 0 Å². The lowest BCUT2D eigenvalue weighted by Gasteiger charge is -2.34. The molecule has 0 amide bonds. The molecule has 5 heteroatoms. The maximum atomic E-state index is 6.12. The van der Waals surface area contributed by atoms with E-state index in [1.165, 1.54) is 0 Å². The number of nitrogens with zero attached hydrogens (tertiary/aromatic N) is 1. The van der Waals surface area contributed by atoms with Crippen molar-refractivity contribution < 1.29 is 13.3 Å². The van der Waals surface area contributed by atoms with Crippen molar-refractivity contribution in [3.63, 3.8) is 0 Å². The molecule has 0 atom stereocenters. The van der Waals surface area contributed by atoms with Crippen LogP contribution < -0.4 is 0 Å². The van der Waals surface area contributed by atoms with Crippen molar-refractivity contribution in [1.82, 2.24) is 4.90 Å². The lowest BCUT2D eigenvalue weighted by Crippen LogP contribution is -2.50. The predicted octanol–water partition coefficient (Wildman–Crippen LogP) is 3.15. The zero-order valence-corrected chi connectivity index (χ0v) is 15.0. The van der Waals surface area contributed by atoms with Crippen LogP contribution in [0.3, 0.4) is 0 Å². The van der Waals surface area contributed by atoms with Gasteiger partial charge in [-0.25, -0.2) is 0 Å². The van der Waals surface area contributed by atoms with Crippen LogP contribution in [0.4, 0.5) is 0 Å². The van der Waals surface area contributed by atoms with Gasteiger partial charge in [-0.1, -0.05) is 0 Å². The highest BCUT2D eigenvalue weighted by Crippen LogP contribution is 2.23. The minimum absolute atomic E-state index is 0.128. The second-order valence-electron chi connectivity index (χ2n) is 6.09. The Balaban J connectivity index is 4.77. The third kappa shape index (κ3) is 9.57. The van der Waals surface area contributed by atoms with Gasteiger partial charge in [0, 0.05) is 24.4 Å². The van der Waals surface area contributed by atoms with Crippen LogP contribution >= 0.6 is 0 Å². The molecule has 0 N–H and O–H groups in total. The third-order valence-electron chi connectivity index (χ3n) is 2.33. The Morgan fingerprint density at radius 3 is 1.42 bits per heavy atom. The van der Waals surface area contributed by atoms with Crippen LogP contribution in [0.2, 0.25) is 6.04 Å². The van der Waals surface area contributed by atoms with E-state index >= 15 is 0 Å². The van der Waals surface area contributed by atoms with E-state index in [0.717, 1.165) is 19.0 Å². The second-order valence-corrected chi connectivity index (χ2v) is 8.66. The first-order chi connectivity index (χ1) is 8.67. The summed E-state index contributed by atoms with van der Waals surface area (Å²) in [5.74, 6) is 0. The number of rotatable bonds is 10. The lowest BCUT2D eigenvalue weighted by atomic mass is 10.5. The lowest BCUT2D eigenvalue weighted by molar-refractivity contribution is 0.00263. The molecule has 0 aromatic carbocycles. The minimum Gasteiger partial charge on any atom is -0.371 e. The molecule has 0 spiro atoms. The summed E-state index contributed by atoms with van der Waals surface area (Å²) < 4.78 is 18.4. The van der Waals surface area contributed by atoms with Gasteiger partial charge in [0.05, 0.1) is 0 Å². The molecule has 0 aromatic heterocycles. The summed E-state index contributed by atoms with van der Waals surface area (Å²) >= 11 is 0. The highest BCUT2D eigenvalue weighted by Gasteiger charge is 2.43. The molecule has 0 aromatic rings. The fourth-order valence-corrected chi connectivity index (χ4v) is 5.22. The molecule has 0 aliphatic rings. The van der Waals surface area contributed by atoms with E-state index in [4.69, 9.17) is 13.3 Å². The number of hydrogen-bond acceptors (Lipinski definition) is 4. The highest BCUT2D eigenvalue weighted by atomic mass is 28.4. The zero-order valence-electron chi connectivity index (χ0n) is 14.0. The van der Waals surface area contributed by atoms with Gasteiger partial charge in [-0.2, -0.15) is 0 Å². The Hall–Kier alpha value is 0.0569. The molecule has 0 rings (SSSR count). The fourth-order valence-electron chi connectivity index (χ4n) is 1.95. The van der Waals surface area contributed by atoms with Gasteiger partial charge in [-0.05, 0) is 68.6 Å². The van der Waals surface area contributed by atoms with Gasteiger partial charge >= 0.3 is 8.80 Å². The summed E-state index contributed by atoms with van der Waals surface area (Å²) in [6, 6.07) is 0.875. The molecule has 116 valence electrons. The largest absolute Gasteiger partial charge is 0.501 e. The summed E-state index contributed by atoms with van der Waals surface area (Å²) in [4.78, 5) is 2.18. The molecule has 0 heterocycles. The van der Waals surface area contributed by atoms with Crippen molar-refractivity contribution in [3.8, 4) is 0 Å². The molecule has 0 bridgehead atoms.